The SMILES string of the molecule is CCCCCCCC/C=C\CCCCCCCC(=O)N1CCC(NC(=O)c2cc(C3CC(O)(c4ccc(OCc5c(-c6c(Cl)cccc6Cl)noc5C5CC5)cc4Cl)C3)n(C(C)C)n2)CC1. The summed E-state index contributed by atoms with van der Waals surface area (Å²) in [5.74, 6) is 1.62. The molecule has 7 rings (SSSR count). The van der Waals surface area contributed by atoms with Gasteiger partial charge in [-0.25, -0.2) is 0 Å². The molecule has 2 aliphatic carbocycles. The molecule has 0 bridgehead atoms. The van der Waals surface area contributed by atoms with E-state index in [0.717, 1.165) is 62.0 Å². The minimum absolute atomic E-state index is 0.0149. The standard InChI is InChI=1S/C53H70Cl3N5O5/c1-4-5-6-7-8-9-10-11-12-13-14-15-16-17-18-22-48(62)60-29-27-39(28-30-60)57-52(63)46-32-47(61(58-46)36(2)3)38-33-53(64,34-38)42-26-25-40(31-45(42)56)65-35-41-50(59-66-51(41)37-23-24-37)49-43(54)20-19-21-44(49)55/h11-12,19-21,25-26,31-32,36-39,64H,4-10,13-18,22-24,27-30,33-35H2,1-3H3,(H,57,63)/b12-11-. The lowest BCUT2D eigenvalue weighted by Crippen LogP contribution is -2.46. The zero-order chi connectivity index (χ0) is 46.6. The van der Waals surface area contributed by atoms with Gasteiger partial charge in [0.05, 0.1) is 26.2 Å². The molecular weight excluding hydrogens is 893 g/mol. The Labute approximate surface area is 407 Å². The molecule has 2 saturated carbocycles. The van der Waals surface area contributed by atoms with E-state index in [9.17, 15) is 14.7 Å². The lowest BCUT2D eigenvalue weighted by Gasteiger charge is -2.44. The number of ether oxygens (including phenoxy) is 1. The molecule has 3 heterocycles. The van der Waals surface area contributed by atoms with Gasteiger partial charge in [0.2, 0.25) is 5.91 Å². The number of likely N-dealkylation sites (tertiary alicyclic amines) is 1. The minimum atomic E-state index is -1.15. The summed E-state index contributed by atoms with van der Waals surface area (Å²) in [4.78, 5) is 28.5. The summed E-state index contributed by atoms with van der Waals surface area (Å²) < 4.78 is 14.0. The van der Waals surface area contributed by atoms with E-state index in [1.54, 1.807) is 24.3 Å². The van der Waals surface area contributed by atoms with Gasteiger partial charge >= 0.3 is 0 Å². The number of hydrogen-bond acceptors (Lipinski definition) is 7. The van der Waals surface area contributed by atoms with Gasteiger partial charge in [-0.05, 0) is 115 Å². The summed E-state index contributed by atoms with van der Waals surface area (Å²) in [5.41, 5.74) is 2.76. The number of nitrogens with one attached hydrogen (secondary N) is 1. The number of benzene rings is 2. The first-order valence-corrected chi connectivity index (χ1v) is 26.0. The van der Waals surface area contributed by atoms with E-state index in [-0.39, 0.29) is 42.3 Å². The van der Waals surface area contributed by atoms with Crippen LogP contribution in [-0.2, 0) is 17.0 Å². The number of aliphatic hydroxyl groups is 1. The second kappa shape index (κ2) is 23.9. The van der Waals surface area contributed by atoms with Crippen molar-refractivity contribution in [1.29, 1.82) is 0 Å². The van der Waals surface area contributed by atoms with Crippen LogP contribution in [0, 0.1) is 0 Å². The first-order chi connectivity index (χ1) is 32.0. The monoisotopic (exact) mass is 961 g/mol. The van der Waals surface area contributed by atoms with Crippen LogP contribution in [-0.4, -0.2) is 55.9 Å². The van der Waals surface area contributed by atoms with Crippen LogP contribution in [0.3, 0.4) is 0 Å². The topological polar surface area (TPSA) is 123 Å². The molecule has 0 radical (unpaired) electrons. The van der Waals surface area contributed by atoms with Crippen LogP contribution in [0.25, 0.3) is 11.3 Å². The van der Waals surface area contributed by atoms with E-state index in [2.05, 4.69) is 29.5 Å². The Kier molecular flexibility index (Phi) is 18.2. The van der Waals surface area contributed by atoms with Gasteiger partial charge in [0, 0.05) is 60.3 Å². The molecule has 0 atom stereocenters. The predicted octanol–water partition coefficient (Wildman–Crippen LogP) is 14.1. The molecule has 0 spiro atoms. The zero-order valence-electron chi connectivity index (χ0n) is 39.3. The maximum atomic E-state index is 13.6. The summed E-state index contributed by atoms with van der Waals surface area (Å²) in [7, 11) is 0. The summed E-state index contributed by atoms with van der Waals surface area (Å²) in [5, 5.41) is 25.5. The van der Waals surface area contributed by atoms with Crippen molar-refractivity contribution in [2.24, 2.45) is 0 Å². The molecule has 66 heavy (non-hydrogen) atoms. The van der Waals surface area contributed by atoms with Crippen molar-refractivity contribution in [3.63, 3.8) is 0 Å². The number of halogens is 3. The molecule has 3 aliphatic rings. The van der Waals surface area contributed by atoms with Crippen LogP contribution < -0.4 is 10.1 Å². The number of rotatable bonds is 25. The van der Waals surface area contributed by atoms with Gasteiger partial charge in [-0.2, -0.15) is 5.10 Å². The van der Waals surface area contributed by atoms with Crippen LogP contribution in [0.2, 0.25) is 15.1 Å². The van der Waals surface area contributed by atoms with Gasteiger partial charge < -0.3 is 24.6 Å². The smallest absolute Gasteiger partial charge is 0.272 e. The van der Waals surface area contributed by atoms with E-state index in [0.29, 0.717) is 75.7 Å². The Balaban J connectivity index is 0.835. The fourth-order valence-corrected chi connectivity index (χ4v) is 10.6. The summed E-state index contributed by atoms with van der Waals surface area (Å²) in [6.07, 6.45) is 25.8. The molecule has 2 amide bonds. The Bertz CT molecular complexity index is 2230. The Morgan fingerprint density at radius 2 is 1.52 bits per heavy atom. The first kappa shape index (κ1) is 50.1. The van der Waals surface area contributed by atoms with Gasteiger partial charge in [-0.1, -0.05) is 123 Å². The fourth-order valence-electron chi connectivity index (χ4n) is 9.63. The third kappa shape index (κ3) is 13.0. The molecule has 2 aromatic heterocycles. The molecule has 1 aliphatic heterocycles. The van der Waals surface area contributed by atoms with Crippen molar-refractivity contribution in [2.75, 3.05) is 13.1 Å². The van der Waals surface area contributed by atoms with E-state index in [4.69, 9.17) is 49.2 Å². The second-order valence-electron chi connectivity index (χ2n) is 19.3. The van der Waals surface area contributed by atoms with Gasteiger partial charge in [0.1, 0.15) is 29.5 Å². The number of nitrogens with zero attached hydrogens (tertiary/aromatic N) is 4. The highest BCUT2D eigenvalue weighted by atomic mass is 35.5. The van der Waals surface area contributed by atoms with Crippen molar-refractivity contribution in [1.82, 2.24) is 25.2 Å². The first-order valence-electron chi connectivity index (χ1n) is 24.9. The zero-order valence-corrected chi connectivity index (χ0v) is 41.5. The number of hydrogen-bond donors (Lipinski definition) is 2. The predicted molar refractivity (Wildman–Crippen MR) is 265 cm³/mol. The lowest BCUT2D eigenvalue weighted by atomic mass is 9.66. The lowest BCUT2D eigenvalue weighted by molar-refractivity contribution is -0.132. The van der Waals surface area contributed by atoms with Crippen LogP contribution in [0.1, 0.15) is 200 Å². The number of piperidine rings is 1. The number of unbranched alkanes of at least 4 members (excludes halogenated alkanes) is 11. The average Bonchev–Trinajstić information content (AvgIpc) is 3.89. The minimum Gasteiger partial charge on any atom is -0.489 e. The molecule has 2 aromatic carbocycles. The Morgan fingerprint density at radius 3 is 2.15 bits per heavy atom. The van der Waals surface area contributed by atoms with Crippen LogP contribution in [0.15, 0.2) is 59.1 Å². The van der Waals surface area contributed by atoms with Gasteiger partial charge in [0.15, 0.2) is 0 Å². The van der Waals surface area contributed by atoms with E-state index >= 15 is 0 Å². The van der Waals surface area contributed by atoms with Crippen molar-refractivity contribution in [3.8, 4) is 17.0 Å². The van der Waals surface area contributed by atoms with Crippen LogP contribution in [0.4, 0.5) is 0 Å². The average molecular weight is 964 g/mol. The maximum absolute atomic E-state index is 13.6. The Morgan fingerprint density at radius 1 is 0.864 bits per heavy atom. The molecule has 1 saturated heterocycles. The van der Waals surface area contributed by atoms with Crippen LogP contribution >= 0.6 is 34.8 Å². The van der Waals surface area contributed by atoms with Crippen LogP contribution in [0.5, 0.6) is 5.75 Å². The molecule has 358 valence electrons. The quantitative estimate of drug-likeness (QED) is 0.0501. The molecule has 2 N–H and O–H groups in total. The molecule has 13 heteroatoms. The van der Waals surface area contributed by atoms with Gasteiger partial charge in [-0.15, -0.1) is 0 Å². The van der Waals surface area contributed by atoms with E-state index < -0.39 is 5.60 Å². The summed E-state index contributed by atoms with van der Waals surface area (Å²) >= 11 is 20.0. The largest absolute Gasteiger partial charge is 0.489 e. The van der Waals surface area contributed by atoms with E-state index in [1.165, 1.54) is 64.2 Å². The summed E-state index contributed by atoms with van der Waals surface area (Å²) in [6, 6.07) is 12.6. The van der Waals surface area contributed by atoms with Crippen molar-refractivity contribution < 1.29 is 24.0 Å². The van der Waals surface area contributed by atoms with Crippen molar-refractivity contribution >= 4 is 46.6 Å². The summed E-state index contributed by atoms with van der Waals surface area (Å²) in [6.45, 7) is 7.84. The Hall–Kier alpha value is -3.83. The molecule has 4 aromatic rings. The molecular formula is C53H70Cl3N5O5. The highest BCUT2D eigenvalue weighted by molar-refractivity contribution is 6.39. The number of amides is 2. The number of carbonyl (C=O) groups is 2. The highest BCUT2D eigenvalue weighted by Crippen LogP contribution is 2.53. The normalized spacial score (nSPS) is 18.9. The number of aromatic nitrogens is 3. The maximum Gasteiger partial charge on any atom is 0.272 e. The van der Waals surface area contributed by atoms with Crippen molar-refractivity contribution in [2.45, 2.75) is 185 Å². The number of allylic oxidation sites excluding steroid dienone is 2. The van der Waals surface area contributed by atoms with Gasteiger partial charge in [0.25, 0.3) is 5.91 Å². The number of carbonyl (C=O) groups excluding carboxylic acids is 2. The third-order valence-corrected chi connectivity index (χ3v) is 14.6. The molecule has 3 fully saturated rings. The molecule has 0 unspecified atom stereocenters. The van der Waals surface area contributed by atoms with Gasteiger partial charge in [-0.3, -0.25) is 14.3 Å². The second-order valence-corrected chi connectivity index (χ2v) is 20.5. The molecule has 10 nitrogen and oxygen atoms in total. The fraction of sp³-hybridized carbons (Fsp3) is 0.585. The third-order valence-electron chi connectivity index (χ3n) is 13.7. The van der Waals surface area contributed by atoms with E-state index in [1.807, 2.05) is 41.6 Å². The highest BCUT2D eigenvalue weighted by Gasteiger charge is 2.47. The van der Waals surface area contributed by atoms with Crippen molar-refractivity contribution in [3.05, 3.63) is 98.0 Å².